The van der Waals surface area contributed by atoms with Gasteiger partial charge in [-0.25, -0.2) is 0 Å². The second-order valence-corrected chi connectivity index (χ2v) is 4.57. The summed E-state index contributed by atoms with van der Waals surface area (Å²) >= 11 is 0. The zero-order valence-corrected chi connectivity index (χ0v) is 10.1. The van der Waals surface area contributed by atoms with E-state index in [1.54, 1.807) is 0 Å². The van der Waals surface area contributed by atoms with Crippen LogP contribution >= 0.6 is 0 Å². The Labute approximate surface area is 88.7 Å². The van der Waals surface area contributed by atoms with Gasteiger partial charge in [-0.3, -0.25) is 0 Å². The highest BCUT2D eigenvalue weighted by Gasteiger charge is 2.15. The lowest BCUT2D eigenvalue weighted by atomic mass is 9.90. The lowest BCUT2D eigenvalue weighted by Gasteiger charge is -2.17. The summed E-state index contributed by atoms with van der Waals surface area (Å²) in [5, 5.41) is 12.3. The van der Waals surface area contributed by atoms with Crippen LogP contribution in [0.3, 0.4) is 0 Å². The van der Waals surface area contributed by atoms with Crippen molar-refractivity contribution in [2.75, 3.05) is 6.54 Å². The maximum absolute atomic E-state index is 8.82. The van der Waals surface area contributed by atoms with Crippen LogP contribution < -0.4 is 5.32 Å². The minimum absolute atomic E-state index is 0.157. The normalized spacial score (nSPS) is 11.7. The SMILES string of the molecule is CCC(CC)NCCCC(C)(C)C#N. The Morgan fingerprint density at radius 2 is 1.86 bits per heavy atom. The molecule has 2 heteroatoms. The summed E-state index contributed by atoms with van der Waals surface area (Å²) in [5.41, 5.74) is -0.157. The van der Waals surface area contributed by atoms with Crippen molar-refractivity contribution < 1.29 is 0 Å². The van der Waals surface area contributed by atoms with E-state index in [2.05, 4.69) is 25.2 Å². The van der Waals surface area contributed by atoms with E-state index in [9.17, 15) is 0 Å². The highest BCUT2D eigenvalue weighted by molar-refractivity contribution is 4.91. The Balaban J connectivity index is 3.52. The van der Waals surface area contributed by atoms with E-state index < -0.39 is 0 Å². The highest BCUT2D eigenvalue weighted by Crippen LogP contribution is 2.19. The lowest BCUT2D eigenvalue weighted by Crippen LogP contribution is -2.29. The van der Waals surface area contributed by atoms with Gasteiger partial charge in [0, 0.05) is 6.04 Å². The third-order valence-electron chi connectivity index (χ3n) is 2.70. The fourth-order valence-electron chi connectivity index (χ4n) is 1.47. The highest BCUT2D eigenvalue weighted by atomic mass is 14.9. The molecule has 0 aliphatic heterocycles. The average Bonchev–Trinajstić information content (AvgIpc) is 2.18. The summed E-state index contributed by atoms with van der Waals surface area (Å²) in [6, 6.07) is 2.98. The van der Waals surface area contributed by atoms with Crippen molar-refractivity contribution in [3.8, 4) is 6.07 Å². The zero-order chi connectivity index (χ0) is 11.0. The van der Waals surface area contributed by atoms with Crippen LogP contribution in [0.25, 0.3) is 0 Å². The largest absolute Gasteiger partial charge is 0.314 e. The molecular formula is C12H24N2. The van der Waals surface area contributed by atoms with Crippen LogP contribution in [0.2, 0.25) is 0 Å². The summed E-state index contributed by atoms with van der Waals surface area (Å²) in [6.45, 7) is 9.46. The predicted molar refractivity (Wildman–Crippen MR) is 61.0 cm³/mol. The number of hydrogen-bond donors (Lipinski definition) is 1. The van der Waals surface area contributed by atoms with Crippen LogP contribution in [0.5, 0.6) is 0 Å². The molecule has 0 unspecified atom stereocenters. The predicted octanol–water partition coefficient (Wildman–Crippen LogP) is 3.09. The summed E-state index contributed by atoms with van der Waals surface area (Å²) in [6.07, 6.45) is 4.46. The van der Waals surface area contributed by atoms with Gasteiger partial charge in [0.1, 0.15) is 0 Å². The Kier molecular flexibility index (Phi) is 6.57. The fraction of sp³-hybridized carbons (Fsp3) is 0.917. The third-order valence-corrected chi connectivity index (χ3v) is 2.70. The minimum atomic E-state index is -0.157. The monoisotopic (exact) mass is 196 g/mol. The average molecular weight is 196 g/mol. The number of hydrogen-bond acceptors (Lipinski definition) is 2. The first-order chi connectivity index (χ1) is 6.55. The van der Waals surface area contributed by atoms with E-state index in [-0.39, 0.29) is 5.41 Å². The molecule has 0 atom stereocenters. The van der Waals surface area contributed by atoms with E-state index in [4.69, 9.17) is 5.26 Å². The van der Waals surface area contributed by atoms with Gasteiger partial charge in [0.05, 0.1) is 11.5 Å². The molecule has 0 aliphatic rings. The van der Waals surface area contributed by atoms with Gasteiger partial charge < -0.3 is 5.32 Å². The second kappa shape index (κ2) is 6.84. The Hall–Kier alpha value is -0.550. The zero-order valence-electron chi connectivity index (χ0n) is 10.1. The molecule has 0 saturated carbocycles. The van der Waals surface area contributed by atoms with Crippen molar-refractivity contribution in [1.82, 2.24) is 5.32 Å². The van der Waals surface area contributed by atoms with Gasteiger partial charge in [0.15, 0.2) is 0 Å². The molecule has 0 fully saturated rings. The first-order valence-corrected chi connectivity index (χ1v) is 5.70. The Bertz CT molecular complexity index is 175. The smallest absolute Gasteiger partial charge is 0.0683 e. The molecular weight excluding hydrogens is 172 g/mol. The van der Waals surface area contributed by atoms with Crippen LogP contribution in [-0.2, 0) is 0 Å². The van der Waals surface area contributed by atoms with Gasteiger partial charge in [-0.05, 0) is 46.1 Å². The van der Waals surface area contributed by atoms with Crippen LogP contribution in [-0.4, -0.2) is 12.6 Å². The van der Waals surface area contributed by atoms with Crippen molar-refractivity contribution in [3.05, 3.63) is 0 Å². The van der Waals surface area contributed by atoms with Gasteiger partial charge in [0.2, 0.25) is 0 Å². The Morgan fingerprint density at radius 3 is 2.29 bits per heavy atom. The van der Waals surface area contributed by atoms with Crippen molar-refractivity contribution in [2.45, 2.75) is 59.4 Å². The summed E-state index contributed by atoms with van der Waals surface area (Å²) in [7, 11) is 0. The molecule has 0 aromatic rings. The molecule has 14 heavy (non-hydrogen) atoms. The van der Waals surface area contributed by atoms with Crippen LogP contribution in [0.4, 0.5) is 0 Å². The minimum Gasteiger partial charge on any atom is -0.314 e. The molecule has 0 aliphatic carbocycles. The molecule has 82 valence electrons. The quantitative estimate of drug-likeness (QED) is 0.635. The van der Waals surface area contributed by atoms with Crippen molar-refractivity contribution >= 4 is 0 Å². The molecule has 2 nitrogen and oxygen atoms in total. The van der Waals surface area contributed by atoms with Crippen molar-refractivity contribution in [3.63, 3.8) is 0 Å². The van der Waals surface area contributed by atoms with E-state index >= 15 is 0 Å². The molecule has 0 spiro atoms. The molecule has 1 N–H and O–H groups in total. The van der Waals surface area contributed by atoms with Gasteiger partial charge in [0.25, 0.3) is 0 Å². The number of rotatable bonds is 7. The van der Waals surface area contributed by atoms with Crippen LogP contribution in [0.1, 0.15) is 53.4 Å². The molecule has 0 aromatic carbocycles. The first kappa shape index (κ1) is 13.4. The van der Waals surface area contributed by atoms with E-state index in [0.29, 0.717) is 6.04 Å². The van der Waals surface area contributed by atoms with Crippen LogP contribution in [0, 0.1) is 16.7 Å². The van der Waals surface area contributed by atoms with Gasteiger partial charge in [-0.15, -0.1) is 0 Å². The van der Waals surface area contributed by atoms with Crippen molar-refractivity contribution in [1.29, 1.82) is 5.26 Å². The summed E-state index contributed by atoms with van der Waals surface area (Å²) in [4.78, 5) is 0. The topological polar surface area (TPSA) is 35.8 Å². The number of nitrogens with one attached hydrogen (secondary N) is 1. The molecule has 0 amide bonds. The Morgan fingerprint density at radius 1 is 1.29 bits per heavy atom. The van der Waals surface area contributed by atoms with Crippen LogP contribution in [0.15, 0.2) is 0 Å². The van der Waals surface area contributed by atoms with E-state index in [1.165, 1.54) is 12.8 Å². The number of nitrogens with zero attached hydrogens (tertiary/aromatic N) is 1. The van der Waals surface area contributed by atoms with E-state index in [1.807, 2.05) is 13.8 Å². The first-order valence-electron chi connectivity index (χ1n) is 5.70. The van der Waals surface area contributed by atoms with Gasteiger partial charge >= 0.3 is 0 Å². The summed E-state index contributed by atoms with van der Waals surface area (Å²) < 4.78 is 0. The maximum atomic E-state index is 8.82. The standard InChI is InChI=1S/C12H24N2/c1-5-11(6-2)14-9-7-8-12(3,4)10-13/h11,14H,5-9H2,1-4H3. The molecule has 0 aromatic heterocycles. The van der Waals surface area contributed by atoms with Gasteiger partial charge in [-0.1, -0.05) is 13.8 Å². The maximum Gasteiger partial charge on any atom is 0.0683 e. The second-order valence-electron chi connectivity index (χ2n) is 4.57. The molecule has 0 heterocycles. The lowest BCUT2D eigenvalue weighted by molar-refractivity contribution is 0.404. The summed E-state index contributed by atoms with van der Waals surface area (Å²) in [5.74, 6) is 0. The molecule has 0 saturated heterocycles. The molecule has 0 radical (unpaired) electrons. The molecule has 0 rings (SSSR count). The van der Waals surface area contributed by atoms with Crippen molar-refractivity contribution in [2.24, 2.45) is 5.41 Å². The van der Waals surface area contributed by atoms with Gasteiger partial charge in [-0.2, -0.15) is 5.26 Å². The van der Waals surface area contributed by atoms with E-state index in [0.717, 1.165) is 19.4 Å². The number of nitriles is 1. The molecule has 0 bridgehead atoms. The fourth-order valence-corrected chi connectivity index (χ4v) is 1.47. The third kappa shape index (κ3) is 5.99.